The quantitative estimate of drug-likeness (QED) is 0.757. The van der Waals surface area contributed by atoms with Gasteiger partial charge in [-0.1, -0.05) is 24.6 Å². The van der Waals surface area contributed by atoms with Crippen molar-refractivity contribution in [1.82, 2.24) is 5.06 Å². The summed E-state index contributed by atoms with van der Waals surface area (Å²) >= 11 is 5.86. The van der Waals surface area contributed by atoms with Gasteiger partial charge < -0.3 is 5.21 Å². The van der Waals surface area contributed by atoms with E-state index < -0.39 is 0 Å². The fourth-order valence-electron chi connectivity index (χ4n) is 1.33. The average molecular weight is 200 g/mol. The van der Waals surface area contributed by atoms with Crippen molar-refractivity contribution in [1.29, 1.82) is 0 Å². The number of hydrogen-bond donors (Lipinski definition) is 1. The van der Waals surface area contributed by atoms with Gasteiger partial charge in [0.05, 0.1) is 0 Å². The van der Waals surface area contributed by atoms with Crippen LogP contribution in [0.25, 0.3) is 0 Å². The molecule has 0 saturated heterocycles. The Balaban J connectivity index is 2.94. The first-order chi connectivity index (χ1) is 6.13. The summed E-state index contributed by atoms with van der Waals surface area (Å²) in [5.41, 5.74) is 2.31. The Labute approximate surface area is 83.7 Å². The molecule has 1 aromatic rings. The molecular weight excluding hydrogens is 186 g/mol. The number of benzene rings is 1. The van der Waals surface area contributed by atoms with Gasteiger partial charge in [0.2, 0.25) is 0 Å². The first-order valence-electron chi connectivity index (χ1n) is 4.30. The molecule has 0 amide bonds. The minimum Gasteiger partial charge on any atom is -0.314 e. The SMILES string of the molecule is CCc1ccc(Cl)cc1CN(C)O. The summed E-state index contributed by atoms with van der Waals surface area (Å²) < 4.78 is 0. The largest absolute Gasteiger partial charge is 0.314 e. The van der Waals surface area contributed by atoms with Gasteiger partial charge in [-0.3, -0.25) is 0 Å². The molecule has 13 heavy (non-hydrogen) atoms. The first kappa shape index (κ1) is 10.5. The second-order valence-corrected chi connectivity index (χ2v) is 3.52. The third-order valence-corrected chi connectivity index (χ3v) is 2.18. The molecule has 2 nitrogen and oxygen atoms in total. The van der Waals surface area contributed by atoms with Gasteiger partial charge >= 0.3 is 0 Å². The van der Waals surface area contributed by atoms with E-state index in [-0.39, 0.29) is 0 Å². The van der Waals surface area contributed by atoms with E-state index >= 15 is 0 Å². The van der Waals surface area contributed by atoms with E-state index in [1.54, 1.807) is 7.05 Å². The Hall–Kier alpha value is -0.570. The van der Waals surface area contributed by atoms with E-state index in [1.807, 2.05) is 18.2 Å². The lowest BCUT2D eigenvalue weighted by atomic mass is 10.1. The maximum atomic E-state index is 9.11. The van der Waals surface area contributed by atoms with Crippen LogP contribution in [0.1, 0.15) is 18.1 Å². The number of hydrogen-bond acceptors (Lipinski definition) is 2. The third kappa shape index (κ3) is 2.99. The molecule has 0 radical (unpaired) electrons. The van der Waals surface area contributed by atoms with Crippen LogP contribution < -0.4 is 0 Å². The maximum absolute atomic E-state index is 9.11. The highest BCUT2D eigenvalue weighted by Gasteiger charge is 2.03. The molecule has 3 heteroatoms. The molecule has 1 N–H and O–H groups in total. The number of nitrogens with zero attached hydrogens (tertiary/aromatic N) is 1. The monoisotopic (exact) mass is 199 g/mol. The zero-order chi connectivity index (χ0) is 9.84. The van der Waals surface area contributed by atoms with Crippen molar-refractivity contribution < 1.29 is 5.21 Å². The van der Waals surface area contributed by atoms with E-state index in [0.717, 1.165) is 17.0 Å². The topological polar surface area (TPSA) is 23.5 Å². The fraction of sp³-hybridized carbons (Fsp3) is 0.400. The van der Waals surface area contributed by atoms with E-state index in [2.05, 4.69) is 6.92 Å². The van der Waals surface area contributed by atoms with Gasteiger partial charge in [-0.15, -0.1) is 0 Å². The molecule has 0 unspecified atom stereocenters. The third-order valence-electron chi connectivity index (χ3n) is 1.95. The van der Waals surface area contributed by atoms with Gasteiger partial charge in [0.15, 0.2) is 0 Å². The average Bonchev–Trinajstić information content (AvgIpc) is 2.03. The number of aryl methyl sites for hydroxylation is 1. The molecule has 0 saturated carbocycles. The van der Waals surface area contributed by atoms with Crippen LogP contribution in [0.5, 0.6) is 0 Å². The van der Waals surface area contributed by atoms with Crippen molar-refractivity contribution >= 4 is 11.6 Å². The molecule has 0 aromatic heterocycles. The summed E-state index contributed by atoms with van der Waals surface area (Å²) in [7, 11) is 1.63. The van der Waals surface area contributed by atoms with E-state index in [1.165, 1.54) is 5.56 Å². The molecule has 0 aliphatic carbocycles. The number of halogens is 1. The Morgan fingerprint density at radius 1 is 1.38 bits per heavy atom. The van der Waals surface area contributed by atoms with Crippen LogP contribution in [-0.2, 0) is 13.0 Å². The highest BCUT2D eigenvalue weighted by Crippen LogP contribution is 2.17. The standard InChI is InChI=1S/C10H14ClNO/c1-3-8-4-5-10(11)6-9(8)7-12(2)13/h4-6,13H,3,7H2,1-2H3. The van der Waals surface area contributed by atoms with Crippen molar-refractivity contribution in [2.24, 2.45) is 0 Å². The lowest BCUT2D eigenvalue weighted by Gasteiger charge is -2.12. The number of hydroxylamine groups is 2. The smallest absolute Gasteiger partial charge is 0.0488 e. The van der Waals surface area contributed by atoms with Crippen molar-refractivity contribution in [3.63, 3.8) is 0 Å². The van der Waals surface area contributed by atoms with Gasteiger partial charge in [0.25, 0.3) is 0 Å². The normalized spacial score (nSPS) is 10.8. The zero-order valence-electron chi connectivity index (χ0n) is 7.92. The molecule has 0 aliphatic heterocycles. The maximum Gasteiger partial charge on any atom is 0.0488 e. The van der Waals surface area contributed by atoms with Gasteiger partial charge in [-0.25, -0.2) is 0 Å². The van der Waals surface area contributed by atoms with Gasteiger partial charge in [-0.2, -0.15) is 5.06 Å². The van der Waals surface area contributed by atoms with Crippen LogP contribution in [0.2, 0.25) is 5.02 Å². The molecule has 0 fully saturated rings. The van der Waals surface area contributed by atoms with E-state index in [9.17, 15) is 0 Å². The first-order valence-corrected chi connectivity index (χ1v) is 4.68. The highest BCUT2D eigenvalue weighted by molar-refractivity contribution is 6.30. The Morgan fingerprint density at radius 2 is 2.08 bits per heavy atom. The van der Waals surface area contributed by atoms with Crippen LogP contribution in [0, 0.1) is 0 Å². The predicted octanol–water partition coefficient (Wildman–Crippen LogP) is 2.72. The van der Waals surface area contributed by atoms with Gasteiger partial charge in [-0.05, 0) is 29.7 Å². The van der Waals surface area contributed by atoms with Crippen molar-refractivity contribution in [3.8, 4) is 0 Å². The summed E-state index contributed by atoms with van der Waals surface area (Å²) in [6.07, 6.45) is 0.959. The molecule has 72 valence electrons. The predicted molar refractivity (Wildman–Crippen MR) is 54.1 cm³/mol. The van der Waals surface area contributed by atoms with Crippen LogP contribution in [-0.4, -0.2) is 17.3 Å². The Bertz CT molecular complexity index is 286. The lowest BCUT2D eigenvalue weighted by Crippen LogP contribution is -2.13. The summed E-state index contributed by atoms with van der Waals surface area (Å²) in [6.45, 7) is 2.61. The van der Waals surface area contributed by atoms with Gasteiger partial charge in [0, 0.05) is 18.6 Å². The summed E-state index contributed by atoms with van der Waals surface area (Å²) in [5, 5.41) is 11.0. The second kappa shape index (κ2) is 4.61. The van der Waals surface area contributed by atoms with Crippen LogP contribution in [0.3, 0.4) is 0 Å². The van der Waals surface area contributed by atoms with Crippen molar-refractivity contribution in [2.75, 3.05) is 7.05 Å². The van der Waals surface area contributed by atoms with Gasteiger partial charge in [0.1, 0.15) is 0 Å². The lowest BCUT2D eigenvalue weighted by molar-refractivity contribution is -0.0733. The van der Waals surface area contributed by atoms with Crippen LogP contribution in [0.15, 0.2) is 18.2 Å². The molecule has 0 heterocycles. The summed E-state index contributed by atoms with van der Waals surface area (Å²) in [5.74, 6) is 0. The second-order valence-electron chi connectivity index (χ2n) is 3.08. The molecule has 0 aliphatic rings. The van der Waals surface area contributed by atoms with Crippen molar-refractivity contribution in [3.05, 3.63) is 34.3 Å². The van der Waals surface area contributed by atoms with E-state index in [0.29, 0.717) is 11.6 Å². The molecule has 1 aromatic carbocycles. The Kier molecular flexibility index (Phi) is 3.72. The Morgan fingerprint density at radius 3 is 2.62 bits per heavy atom. The molecule has 1 rings (SSSR count). The summed E-state index contributed by atoms with van der Waals surface area (Å²) in [4.78, 5) is 0. The molecule has 0 atom stereocenters. The number of rotatable bonds is 3. The minimum atomic E-state index is 0.518. The fourth-order valence-corrected chi connectivity index (χ4v) is 1.53. The minimum absolute atomic E-state index is 0.518. The molecule has 0 spiro atoms. The van der Waals surface area contributed by atoms with Crippen LogP contribution in [0.4, 0.5) is 0 Å². The van der Waals surface area contributed by atoms with Crippen LogP contribution >= 0.6 is 11.6 Å². The molecule has 0 bridgehead atoms. The zero-order valence-corrected chi connectivity index (χ0v) is 8.67. The van der Waals surface area contributed by atoms with E-state index in [4.69, 9.17) is 16.8 Å². The highest BCUT2D eigenvalue weighted by atomic mass is 35.5. The van der Waals surface area contributed by atoms with Crippen molar-refractivity contribution in [2.45, 2.75) is 19.9 Å². The summed E-state index contributed by atoms with van der Waals surface area (Å²) in [6, 6.07) is 5.77. The molecular formula is C10H14ClNO.